The van der Waals surface area contributed by atoms with Gasteiger partial charge < -0.3 is 8.98 Å². The van der Waals surface area contributed by atoms with E-state index in [1.165, 1.54) is 0 Å². The second-order valence-electron chi connectivity index (χ2n) is 6.08. The standard InChI is InChI=1S/C19H12N4O/c1-22-13-4-2-3-5-14(13)23-18-12(21-19(22)23)6-7-15-17(18)11-8-9-20-10-16(11)24-15/h2-10H,1H3. The average Bonchev–Trinajstić information content (AvgIpc) is 3.25. The molecule has 5 heteroatoms. The molecule has 0 radical (unpaired) electrons. The lowest BCUT2D eigenvalue weighted by molar-refractivity contribution is 0.667. The minimum atomic E-state index is 0.801. The van der Waals surface area contributed by atoms with Crippen LogP contribution >= 0.6 is 0 Å². The van der Waals surface area contributed by atoms with Crippen molar-refractivity contribution in [3.05, 3.63) is 54.9 Å². The van der Waals surface area contributed by atoms with Crippen molar-refractivity contribution in [2.75, 3.05) is 0 Å². The zero-order valence-electron chi connectivity index (χ0n) is 12.9. The van der Waals surface area contributed by atoms with E-state index in [0.717, 1.165) is 49.8 Å². The third-order valence-electron chi connectivity index (χ3n) is 4.82. The molecule has 0 bridgehead atoms. The summed E-state index contributed by atoms with van der Waals surface area (Å²) in [6.07, 6.45) is 3.57. The van der Waals surface area contributed by atoms with Gasteiger partial charge in [-0.15, -0.1) is 0 Å². The van der Waals surface area contributed by atoms with Crippen LogP contribution in [0.15, 0.2) is 59.3 Å². The van der Waals surface area contributed by atoms with Crippen molar-refractivity contribution < 1.29 is 4.42 Å². The van der Waals surface area contributed by atoms with Crippen molar-refractivity contribution in [3.8, 4) is 0 Å². The molecule has 0 spiro atoms. The van der Waals surface area contributed by atoms with Gasteiger partial charge in [0.2, 0.25) is 5.78 Å². The van der Waals surface area contributed by atoms with Crippen LogP contribution in [0.25, 0.3) is 49.8 Å². The topological polar surface area (TPSA) is 48.3 Å². The SMILES string of the molecule is Cn1c2ccccc2n2c3c(ccc4oc5cnccc5c43)nc12. The predicted octanol–water partition coefficient (Wildman–Crippen LogP) is 4.27. The maximum absolute atomic E-state index is 5.99. The highest BCUT2D eigenvalue weighted by atomic mass is 16.3. The number of para-hydroxylation sites is 2. The van der Waals surface area contributed by atoms with E-state index >= 15 is 0 Å². The number of benzene rings is 2. The third-order valence-corrected chi connectivity index (χ3v) is 4.82. The molecule has 0 atom stereocenters. The molecule has 4 aromatic heterocycles. The molecule has 4 heterocycles. The first-order chi connectivity index (χ1) is 11.8. The highest BCUT2D eigenvalue weighted by Gasteiger charge is 2.18. The fourth-order valence-electron chi connectivity index (χ4n) is 3.77. The molecule has 0 unspecified atom stereocenters. The van der Waals surface area contributed by atoms with Gasteiger partial charge in [-0.25, -0.2) is 4.98 Å². The van der Waals surface area contributed by atoms with E-state index in [1.807, 2.05) is 18.2 Å². The monoisotopic (exact) mass is 312 g/mol. The maximum atomic E-state index is 5.99. The number of nitrogens with zero attached hydrogens (tertiary/aromatic N) is 4. The van der Waals surface area contributed by atoms with Crippen LogP contribution in [-0.4, -0.2) is 18.9 Å². The Morgan fingerprint density at radius 3 is 2.75 bits per heavy atom. The lowest BCUT2D eigenvalue weighted by atomic mass is 10.1. The first-order valence-corrected chi connectivity index (χ1v) is 7.84. The van der Waals surface area contributed by atoms with E-state index in [2.05, 4.69) is 45.3 Å². The summed E-state index contributed by atoms with van der Waals surface area (Å²) in [5.41, 5.74) is 6.03. The summed E-state index contributed by atoms with van der Waals surface area (Å²) >= 11 is 0. The summed E-state index contributed by atoms with van der Waals surface area (Å²) in [4.78, 5) is 9.03. The number of aryl methyl sites for hydroxylation is 1. The van der Waals surface area contributed by atoms with Gasteiger partial charge in [0.1, 0.15) is 5.58 Å². The van der Waals surface area contributed by atoms with Gasteiger partial charge in [0.15, 0.2) is 5.58 Å². The van der Waals surface area contributed by atoms with Gasteiger partial charge in [-0.1, -0.05) is 12.1 Å². The van der Waals surface area contributed by atoms with Crippen molar-refractivity contribution in [2.24, 2.45) is 7.05 Å². The van der Waals surface area contributed by atoms with Gasteiger partial charge in [-0.2, -0.15) is 0 Å². The Labute approximate surface area is 135 Å². The van der Waals surface area contributed by atoms with Crippen molar-refractivity contribution in [1.82, 2.24) is 18.9 Å². The number of hydrogen-bond acceptors (Lipinski definition) is 3. The highest BCUT2D eigenvalue weighted by Crippen LogP contribution is 2.36. The summed E-state index contributed by atoms with van der Waals surface area (Å²) in [5.74, 6) is 0.933. The van der Waals surface area contributed by atoms with Crippen molar-refractivity contribution >= 4 is 49.8 Å². The van der Waals surface area contributed by atoms with Gasteiger partial charge in [0.05, 0.1) is 33.6 Å². The molecule has 5 nitrogen and oxygen atoms in total. The smallest absolute Gasteiger partial charge is 0.215 e. The zero-order valence-corrected chi connectivity index (χ0v) is 12.9. The Morgan fingerprint density at radius 1 is 0.958 bits per heavy atom. The fraction of sp³-hybridized carbons (Fsp3) is 0.0526. The normalized spacial score (nSPS) is 12.4. The average molecular weight is 312 g/mol. The Bertz CT molecular complexity index is 1420. The van der Waals surface area contributed by atoms with Gasteiger partial charge in [-0.05, 0) is 30.3 Å². The van der Waals surface area contributed by atoms with Crippen LogP contribution in [0.1, 0.15) is 0 Å². The molecule has 2 aromatic carbocycles. The molecule has 0 aliphatic heterocycles. The molecule has 0 amide bonds. The van der Waals surface area contributed by atoms with E-state index in [-0.39, 0.29) is 0 Å². The number of aromatic nitrogens is 4. The third kappa shape index (κ3) is 1.27. The largest absolute Gasteiger partial charge is 0.454 e. The summed E-state index contributed by atoms with van der Waals surface area (Å²) in [6, 6.07) is 14.4. The van der Waals surface area contributed by atoms with E-state index < -0.39 is 0 Å². The van der Waals surface area contributed by atoms with Crippen LogP contribution in [-0.2, 0) is 7.05 Å². The number of rotatable bonds is 0. The molecule has 24 heavy (non-hydrogen) atoms. The molecule has 114 valence electrons. The molecule has 6 rings (SSSR count). The van der Waals surface area contributed by atoms with Crippen LogP contribution in [0.5, 0.6) is 0 Å². The van der Waals surface area contributed by atoms with Crippen LogP contribution in [0.3, 0.4) is 0 Å². The Hall–Kier alpha value is -3.34. The molecule has 0 saturated heterocycles. The quantitative estimate of drug-likeness (QED) is 0.421. The molecule has 0 aliphatic rings. The fourth-order valence-corrected chi connectivity index (χ4v) is 3.77. The van der Waals surface area contributed by atoms with Crippen molar-refractivity contribution in [3.63, 3.8) is 0 Å². The van der Waals surface area contributed by atoms with Crippen molar-refractivity contribution in [1.29, 1.82) is 0 Å². The summed E-state index contributed by atoms with van der Waals surface area (Å²) in [6.45, 7) is 0. The van der Waals surface area contributed by atoms with Gasteiger partial charge >= 0.3 is 0 Å². The summed E-state index contributed by atoms with van der Waals surface area (Å²) in [5, 5.41) is 2.16. The van der Waals surface area contributed by atoms with E-state index in [9.17, 15) is 0 Å². The van der Waals surface area contributed by atoms with Crippen LogP contribution in [0.4, 0.5) is 0 Å². The number of fused-ring (bicyclic) bond motifs is 9. The molecule has 0 saturated carbocycles. The second-order valence-corrected chi connectivity index (χ2v) is 6.08. The van der Waals surface area contributed by atoms with Crippen LogP contribution < -0.4 is 0 Å². The first kappa shape index (κ1) is 12.1. The highest BCUT2D eigenvalue weighted by molar-refractivity contribution is 6.18. The van der Waals surface area contributed by atoms with Crippen molar-refractivity contribution in [2.45, 2.75) is 0 Å². The number of pyridine rings is 1. The van der Waals surface area contributed by atoms with Gasteiger partial charge in [0, 0.05) is 18.6 Å². The number of hydrogen-bond donors (Lipinski definition) is 0. The van der Waals surface area contributed by atoms with Gasteiger partial charge in [-0.3, -0.25) is 9.38 Å². The lowest BCUT2D eigenvalue weighted by Gasteiger charge is -1.97. The Morgan fingerprint density at radius 2 is 1.83 bits per heavy atom. The molecule has 6 aromatic rings. The molecular formula is C19H12N4O. The van der Waals surface area contributed by atoms with Crippen LogP contribution in [0.2, 0.25) is 0 Å². The maximum Gasteiger partial charge on any atom is 0.215 e. The number of imidazole rings is 2. The first-order valence-electron chi connectivity index (χ1n) is 7.84. The Balaban J connectivity index is 2.02. The van der Waals surface area contributed by atoms with E-state index in [4.69, 9.17) is 9.40 Å². The van der Waals surface area contributed by atoms with Gasteiger partial charge in [0.25, 0.3) is 0 Å². The zero-order chi connectivity index (χ0) is 15.8. The molecular weight excluding hydrogens is 300 g/mol. The molecule has 0 aliphatic carbocycles. The second kappa shape index (κ2) is 3.94. The lowest BCUT2D eigenvalue weighted by Crippen LogP contribution is -1.87. The van der Waals surface area contributed by atoms with E-state index in [0.29, 0.717) is 0 Å². The Kier molecular flexibility index (Phi) is 1.99. The number of furan rings is 1. The van der Waals surface area contributed by atoms with Crippen LogP contribution in [0, 0.1) is 0 Å². The minimum absolute atomic E-state index is 0.801. The summed E-state index contributed by atoms with van der Waals surface area (Å²) in [7, 11) is 2.05. The molecule has 0 fully saturated rings. The molecule has 0 N–H and O–H groups in total. The summed E-state index contributed by atoms with van der Waals surface area (Å²) < 4.78 is 10.3. The predicted molar refractivity (Wildman–Crippen MR) is 94.2 cm³/mol. The minimum Gasteiger partial charge on any atom is -0.454 e. The van der Waals surface area contributed by atoms with E-state index in [1.54, 1.807) is 12.4 Å².